The Hall–Kier alpha value is -1.05. The summed E-state index contributed by atoms with van der Waals surface area (Å²) in [6.07, 6.45) is 6.56. The van der Waals surface area contributed by atoms with Crippen molar-refractivity contribution in [3.63, 3.8) is 0 Å². The molecule has 1 N–H and O–H groups in total. The van der Waals surface area contributed by atoms with Crippen molar-refractivity contribution >= 4 is 22.9 Å². The van der Waals surface area contributed by atoms with Crippen molar-refractivity contribution in [2.45, 2.75) is 57.9 Å². The molecule has 2 aliphatic rings. The summed E-state index contributed by atoms with van der Waals surface area (Å²) in [4.78, 5) is 12.3. The van der Waals surface area contributed by atoms with Gasteiger partial charge in [-0.1, -0.05) is 11.6 Å². The second kappa shape index (κ2) is 7.17. The van der Waals surface area contributed by atoms with Gasteiger partial charge >= 0.3 is 0 Å². The molecule has 5 nitrogen and oxygen atoms in total. The van der Waals surface area contributed by atoms with Gasteiger partial charge in [0, 0.05) is 47.5 Å². The lowest BCUT2D eigenvalue weighted by Crippen LogP contribution is -2.50. The molecule has 140 valence electrons. The molecular formula is C19H24ClN3O2S. The molecule has 0 unspecified atom stereocenters. The Kier molecular flexibility index (Phi) is 5.05. The Labute approximate surface area is 163 Å². The number of aryl methyl sites for hydroxylation is 1. The third kappa shape index (κ3) is 3.18. The number of aliphatic hydroxyl groups is 1. The van der Waals surface area contributed by atoms with E-state index in [1.165, 1.54) is 10.4 Å². The monoisotopic (exact) mass is 393 g/mol. The number of halogens is 1. The minimum absolute atomic E-state index is 0.00977. The zero-order valence-corrected chi connectivity index (χ0v) is 16.7. The van der Waals surface area contributed by atoms with E-state index < -0.39 is 0 Å². The van der Waals surface area contributed by atoms with Gasteiger partial charge in [-0.15, -0.1) is 11.3 Å². The van der Waals surface area contributed by atoms with Crippen LogP contribution >= 0.6 is 22.9 Å². The van der Waals surface area contributed by atoms with Crippen LogP contribution in [-0.2, 0) is 29.9 Å². The van der Waals surface area contributed by atoms with Crippen LogP contribution in [0.15, 0.2) is 12.4 Å². The number of aliphatic hydroxyl groups excluding tert-OH is 1. The van der Waals surface area contributed by atoms with E-state index in [0.717, 1.165) is 49.3 Å². The van der Waals surface area contributed by atoms with Gasteiger partial charge in [-0.3, -0.25) is 4.90 Å². The number of likely N-dealkylation sites (tertiary alicyclic amines) is 1. The van der Waals surface area contributed by atoms with Crippen molar-refractivity contribution in [3.05, 3.63) is 44.1 Å². The number of fused-ring (bicyclic) bond motifs is 2. The molecule has 0 radical (unpaired) electrons. The summed E-state index contributed by atoms with van der Waals surface area (Å²) in [6.45, 7) is 6.69. The minimum Gasteiger partial charge on any atom is -0.392 e. The van der Waals surface area contributed by atoms with Gasteiger partial charge in [0.05, 0.1) is 17.6 Å². The summed E-state index contributed by atoms with van der Waals surface area (Å²) < 4.78 is 7.07. The topological polar surface area (TPSA) is 58.5 Å². The van der Waals surface area contributed by atoms with Gasteiger partial charge in [-0.05, 0) is 38.7 Å². The Morgan fingerprint density at radius 3 is 2.88 bits per heavy atom. The van der Waals surface area contributed by atoms with Crippen molar-refractivity contribution in [1.82, 2.24) is 14.9 Å². The second-order valence-corrected chi connectivity index (χ2v) is 8.95. The molecule has 1 fully saturated rings. The number of hydrogen-bond donors (Lipinski definition) is 1. The Bertz CT molecular complexity index is 795. The van der Waals surface area contributed by atoms with Gasteiger partial charge < -0.3 is 9.84 Å². The van der Waals surface area contributed by atoms with Crippen LogP contribution in [0.1, 0.15) is 47.2 Å². The first-order chi connectivity index (χ1) is 12.5. The quantitative estimate of drug-likeness (QED) is 0.865. The summed E-state index contributed by atoms with van der Waals surface area (Å²) in [5, 5.41) is 9.69. The van der Waals surface area contributed by atoms with E-state index in [1.54, 1.807) is 11.3 Å². The highest BCUT2D eigenvalue weighted by molar-refractivity contribution is 7.16. The Morgan fingerprint density at radius 1 is 1.42 bits per heavy atom. The SMILES string of the molecule is Cc1ncc(CN2CC[C@]3(C[C@@H]2C)OCCc2c3sc(Cl)c2CO)cn1. The summed E-state index contributed by atoms with van der Waals surface area (Å²) in [6, 6.07) is 0.384. The van der Waals surface area contributed by atoms with Crippen molar-refractivity contribution in [1.29, 1.82) is 0 Å². The van der Waals surface area contributed by atoms with E-state index in [9.17, 15) is 5.11 Å². The summed E-state index contributed by atoms with van der Waals surface area (Å²) in [5.41, 5.74) is 3.02. The Morgan fingerprint density at radius 2 is 2.19 bits per heavy atom. The maximum Gasteiger partial charge on any atom is 0.125 e. The highest BCUT2D eigenvalue weighted by Gasteiger charge is 2.45. The smallest absolute Gasteiger partial charge is 0.125 e. The zero-order valence-electron chi connectivity index (χ0n) is 15.2. The first kappa shape index (κ1) is 18.3. The molecular weight excluding hydrogens is 370 g/mol. The molecule has 26 heavy (non-hydrogen) atoms. The van der Waals surface area contributed by atoms with Crippen molar-refractivity contribution < 1.29 is 9.84 Å². The van der Waals surface area contributed by atoms with Crippen molar-refractivity contribution in [2.75, 3.05) is 13.2 Å². The minimum atomic E-state index is -0.255. The molecule has 0 aliphatic carbocycles. The van der Waals surface area contributed by atoms with Crippen molar-refractivity contribution in [3.8, 4) is 0 Å². The summed E-state index contributed by atoms with van der Waals surface area (Å²) in [5.74, 6) is 0.803. The van der Waals surface area contributed by atoms with Crippen LogP contribution in [0, 0.1) is 6.92 Å². The van der Waals surface area contributed by atoms with Gasteiger partial charge in [0.2, 0.25) is 0 Å². The molecule has 0 aromatic carbocycles. The first-order valence-corrected chi connectivity index (χ1v) is 10.3. The molecule has 0 saturated carbocycles. The van der Waals surface area contributed by atoms with Crippen molar-refractivity contribution in [2.24, 2.45) is 0 Å². The molecule has 0 bridgehead atoms. The average Bonchev–Trinajstić information content (AvgIpc) is 2.96. The van der Waals surface area contributed by atoms with Gasteiger partial charge in [0.15, 0.2) is 0 Å². The first-order valence-electron chi connectivity index (χ1n) is 9.09. The largest absolute Gasteiger partial charge is 0.392 e. The lowest BCUT2D eigenvalue weighted by molar-refractivity contribution is -0.110. The Balaban J connectivity index is 1.55. The predicted molar refractivity (Wildman–Crippen MR) is 102 cm³/mol. The molecule has 2 aliphatic heterocycles. The fourth-order valence-corrected chi connectivity index (χ4v) is 5.91. The highest BCUT2D eigenvalue weighted by atomic mass is 35.5. The fraction of sp³-hybridized carbons (Fsp3) is 0.579. The standard InChI is InChI=1S/C19H24ClN3O2S/c1-12-7-19(4-5-23(12)10-14-8-21-13(2)22-9-14)17-15(3-6-25-19)16(11-24)18(20)26-17/h8-9,12,24H,3-7,10-11H2,1-2H3/t12-,19+/m0/s1. The van der Waals surface area contributed by atoms with E-state index in [0.29, 0.717) is 17.0 Å². The average molecular weight is 394 g/mol. The predicted octanol–water partition coefficient (Wildman–Crippen LogP) is 3.44. The maximum atomic E-state index is 9.69. The third-order valence-corrected chi connectivity index (χ3v) is 7.35. The number of aromatic nitrogens is 2. The molecule has 2 atom stereocenters. The van der Waals surface area contributed by atoms with Crippen LogP contribution in [0.4, 0.5) is 0 Å². The molecule has 7 heteroatoms. The molecule has 0 amide bonds. The van der Waals surface area contributed by atoms with Crippen LogP contribution in [-0.4, -0.2) is 39.2 Å². The van der Waals surface area contributed by atoms with E-state index >= 15 is 0 Å². The van der Waals surface area contributed by atoms with E-state index in [-0.39, 0.29) is 12.2 Å². The van der Waals surface area contributed by atoms with Gasteiger partial charge in [0.1, 0.15) is 11.4 Å². The maximum absolute atomic E-state index is 9.69. The molecule has 2 aromatic rings. The van der Waals surface area contributed by atoms with Crippen LogP contribution in [0.5, 0.6) is 0 Å². The lowest BCUT2D eigenvalue weighted by atomic mass is 9.81. The third-order valence-electron chi connectivity index (χ3n) is 5.64. The summed E-state index contributed by atoms with van der Waals surface area (Å²) in [7, 11) is 0. The van der Waals surface area contributed by atoms with Gasteiger partial charge in [-0.25, -0.2) is 9.97 Å². The zero-order chi connectivity index (χ0) is 18.3. The molecule has 4 rings (SSSR count). The van der Waals surface area contributed by atoms with E-state index in [4.69, 9.17) is 16.3 Å². The normalized spacial score (nSPS) is 26.2. The summed E-state index contributed by atoms with van der Waals surface area (Å²) >= 11 is 8.00. The van der Waals surface area contributed by atoms with E-state index in [1.807, 2.05) is 19.3 Å². The molecule has 1 saturated heterocycles. The number of piperidine rings is 1. The number of rotatable bonds is 3. The molecule has 1 spiro atoms. The van der Waals surface area contributed by atoms with Crippen LogP contribution in [0.25, 0.3) is 0 Å². The number of ether oxygens (including phenoxy) is 1. The highest BCUT2D eigenvalue weighted by Crippen LogP contribution is 2.49. The lowest BCUT2D eigenvalue weighted by Gasteiger charge is -2.47. The van der Waals surface area contributed by atoms with Crippen LogP contribution in [0.3, 0.4) is 0 Å². The number of nitrogens with zero attached hydrogens (tertiary/aromatic N) is 3. The van der Waals surface area contributed by atoms with E-state index in [2.05, 4.69) is 21.8 Å². The fourth-order valence-electron chi connectivity index (χ4n) is 4.23. The van der Waals surface area contributed by atoms with Gasteiger partial charge in [0.25, 0.3) is 0 Å². The van der Waals surface area contributed by atoms with Gasteiger partial charge in [-0.2, -0.15) is 0 Å². The number of hydrogen-bond acceptors (Lipinski definition) is 6. The second-order valence-electron chi connectivity index (χ2n) is 7.33. The number of thiophene rings is 1. The molecule has 4 heterocycles. The van der Waals surface area contributed by atoms with Crippen LogP contribution in [0.2, 0.25) is 4.34 Å². The molecule has 2 aromatic heterocycles. The van der Waals surface area contributed by atoms with Crippen LogP contribution < -0.4 is 0 Å².